The van der Waals surface area contributed by atoms with Crippen LogP contribution in [0.3, 0.4) is 0 Å². The fraction of sp³-hybridized carbons (Fsp3) is 0.818. The number of ether oxygens (including phenoxy) is 2. The molecular formula is C11H14F6O2. The highest BCUT2D eigenvalue weighted by Crippen LogP contribution is 2.52. The third-order valence-corrected chi connectivity index (χ3v) is 3.00. The zero-order valence-electron chi connectivity index (χ0n) is 10.5. The van der Waals surface area contributed by atoms with Crippen LogP contribution in [-0.4, -0.2) is 30.3 Å². The van der Waals surface area contributed by atoms with Crippen molar-refractivity contribution < 1.29 is 35.8 Å². The van der Waals surface area contributed by atoms with E-state index in [1.807, 2.05) is 0 Å². The predicted octanol–water partition coefficient (Wildman–Crippen LogP) is 3.97. The third-order valence-electron chi connectivity index (χ3n) is 3.00. The Balaban J connectivity index is 3.25. The number of allylic oxidation sites excluding steroid dienone is 1. The Kier molecular flexibility index (Phi) is 4.26. The van der Waals surface area contributed by atoms with Gasteiger partial charge in [0.2, 0.25) is 0 Å². The fourth-order valence-corrected chi connectivity index (χ4v) is 1.83. The average molecular weight is 292 g/mol. The van der Waals surface area contributed by atoms with Crippen LogP contribution < -0.4 is 0 Å². The van der Waals surface area contributed by atoms with E-state index in [0.717, 1.165) is 0 Å². The summed E-state index contributed by atoms with van der Waals surface area (Å²) in [5.74, 6) is -4.55. The van der Waals surface area contributed by atoms with Gasteiger partial charge >= 0.3 is 18.1 Å². The van der Waals surface area contributed by atoms with E-state index in [4.69, 9.17) is 0 Å². The summed E-state index contributed by atoms with van der Waals surface area (Å²) >= 11 is 0. The first kappa shape index (κ1) is 16.3. The van der Waals surface area contributed by atoms with Gasteiger partial charge in [0, 0.05) is 0 Å². The summed E-state index contributed by atoms with van der Waals surface area (Å²) in [4.78, 5) is 0. The maximum absolute atomic E-state index is 12.8. The molecule has 1 heterocycles. The number of hydrogen-bond acceptors (Lipinski definition) is 2. The molecular weight excluding hydrogens is 278 g/mol. The second-order valence-electron chi connectivity index (χ2n) is 4.25. The largest absolute Gasteiger partial charge is 0.453 e. The van der Waals surface area contributed by atoms with Gasteiger partial charge in [0.05, 0.1) is 6.10 Å². The Bertz CT molecular complexity index is 343. The van der Waals surface area contributed by atoms with Gasteiger partial charge in [-0.1, -0.05) is 13.0 Å². The lowest BCUT2D eigenvalue weighted by Crippen LogP contribution is -2.58. The third kappa shape index (κ3) is 2.60. The van der Waals surface area contributed by atoms with Gasteiger partial charge in [0.1, 0.15) is 6.10 Å². The Labute approximate surface area is 106 Å². The van der Waals surface area contributed by atoms with E-state index in [2.05, 4.69) is 9.47 Å². The molecule has 0 aliphatic carbocycles. The molecule has 19 heavy (non-hydrogen) atoms. The minimum atomic E-state index is -5.69. The van der Waals surface area contributed by atoms with Crippen molar-refractivity contribution in [3.05, 3.63) is 11.6 Å². The van der Waals surface area contributed by atoms with Crippen LogP contribution in [0.4, 0.5) is 26.3 Å². The smallest absolute Gasteiger partial charge is 0.329 e. The van der Waals surface area contributed by atoms with Crippen molar-refractivity contribution in [3.63, 3.8) is 0 Å². The van der Waals surface area contributed by atoms with Crippen LogP contribution in [0.5, 0.6) is 0 Å². The molecule has 2 unspecified atom stereocenters. The van der Waals surface area contributed by atoms with E-state index in [-0.39, 0.29) is 12.0 Å². The summed E-state index contributed by atoms with van der Waals surface area (Å²) in [5, 5.41) is 0. The highest BCUT2D eigenvalue weighted by Gasteiger charge is 2.78. The second kappa shape index (κ2) is 4.97. The van der Waals surface area contributed by atoms with Gasteiger partial charge in [0.15, 0.2) is 0 Å². The molecule has 1 saturated heterocycles. The molecule has 0 aromatic heterocycles. The predicted molar refractivity (Wildman–Crippen MR) is 54.3 cm³/mol. The van der Waals surface area contributed by atoms with Gasteiger partial charge in [-0.3, -0.25) is 0 Å². The minimum Gasteiger partial charge on any atom is -0.329 e. The van der Waals surface area contributed by atoms with Crippen LogP contribution in [0, 0.1) is 0 Å². The summed E-state index contributed by atoms with van der Waals surface area (Å²) < 4.78 is 85.2. The fourth-order valence-electron chi connectivity index (χ4n) is 1.83. The molecule has 0 bridgehead atoms. The number of hydrogen-bond donors (Lipinski definition) is 0. The summed E-state index contributed by atoms with van der Waals surface area (Å²) in [7, 11) is 0. The average Bonchev–Trinajstić information content (AvgIpc) is 2.67. The number of halogens is 6. The molecule has 112 valence electrons. The number of alkyl halides is 6. The summed E-state index contributed by atoms with van der Waals surface area (Å²) in [6.45, 7) is 4.35. The van der Waals surface area contributed by atoms with Gasteiger partial charge in [-0.25, -0.2) is 0 Å². The Hall–Kier alpha value is -0.760. The minimum absolute atomic E-state index is 0.0241. The molecule has 0 spiro atoms. The van der Waals surface area contributed by atoms with Crippen molar-refractivity contribution in [3.8, 4) is 0 Å². The quantitative estimate of drug-likeness (QED) is 0.566. The van der Waals surface area contributed by atoms with E-state index < -0.39 is 30.3 Å². The summed E-state index contributed by atoms with van der Waals surface area (Å²) in [6.07, 6.45) is -12.7. The molecule has 2 nitrogen and oxygen atoms in total. The molecule has 1 aliphatic heterocycles. The van der Waals surface area contributed by atoms with Crippen molar-refractivity contribution in [2.24, 2.45) is 0 Å². The van der Waals surface area contributed by atoms with Gasteiger partial charge in [-0.05, 0) is 25.8 Å². The molecule has 0 saturated carbocycles. The normalized spacial score (nSPS) is 28.8. The topological polar surface area (TPSA) is 18.5 Å². The molecule has 0 radical (unpaired) electrons. The van der Waals surface area contributed by atoms with Crippen LogP contribution in [0.1, 0.15) is 27.2 Å². The maximum atomic E-state index is 12.8. The van der Waals surface area contributed by atoms with E-state index in [9.17, 15) is 26.3 Å². The van der Waals surface area contributed by atoms with Gasteiger partial charge in [-0.15, -0.1) is 0 Å². The first-order chi connectivity index (χ1) is 8.50. The maximum Gasteiger partial charge on any atom is 0.453 e. The standard InChI is InChI=1S/C11H14F6O2/c1-4-6(3)8-7(5-2)18-9(19-8,10(12,13)14)11(15,16)17/h4,7-8H,5H2,1-3H3/b6-4-. The lowest BCUT2D eigenvalue weighted by atomic mass is 10.0. The highest BCUT2D eigenvalue weighted by atomic mass is 19.4. The molecule has 0 aromatic rings. The van der Waals surface area contributed by atoms with Crippen molar-refractivity contribution in [1.82, 2.24) is 0 Å². The van der Waals surface area contributed by atoms with Crippen molar-refractivity contribution in [2.75, 3.05) is 0 Å². The first-order valence-corrected chi connectivity index (χ1v) is 5.62. The van der Waals surface area contributed by atoms with Crippen molar-refractivity contribution >= 4 is 0 Å². The zero-order valence-corrected chi connectivity index (χ0v) is 10.5. The highest BCUT2D eigenvalue weighted by molar-refractivity contribution is 5.11. The van der Waals surface area contributed by atoms with Crippen molar-refractivity contribution in [2.45, 2.75) is 57.5 Å². The Morgan fingerprint density at radius 3 is 1.89 bits per heavy atom. The molecule has 8 heteroatoms. The molecule has 0 aromatic carbocycles. The van der Waals surface area contributed by atoms with Gasteiger partial charge in [-0.2, -0.15) is 26.3 Å². The lowest BCUT2D eigenvalue weighted by molar-refractivity contribution is -0.445. The van der Waals surface area contributed by atoms with Crippen LogP contribution in [-0.2, 0) is 9.47 Å². The second-order valence-corrected chi connectivity index (χ2v) is 4.25. The monoisotopic (exact) mass is 292 g/mol. The molecule has 1 aliphatic rings. The van der Waals surface area contributed by atoms with E-state index >= 15 is 0 Å². The van der Waals surface area contributed by atoms with E-state index in [0.29, 0.717) is 0 Å². The SMILES string of the molecule is C/C=C(/C)C1OC(C(F)(F)F)(C(F)(F)F)OC1CC. The van der Waals surface area contributed by atoms with Crippen molar-refractivity contribution in [1.29, 1.82) is 0 Å². The summed E-state index contributed by atoms with van der Waals surface area (Å²) in [5.41, 5.74) is 0.266. The molecule has 2 atom stereocenters. The summed E-state index contributed by atoms with van der Waals surface area (Å²) in [6, 6.07) is 0. The molecule has 0 N–H and O–H groups in total. The molecule has 0 amide bonds. The van der Waals surface area contributed by atoms with Crippen LogP contribution >= 0.6 is 0 Å². The zero-order chi connectivity index (χ0) is 15.1. The van der Waals surface area contributed by atoms with E-state index in [1.165, 1.54) is 26.8 Å². The van der Waals surface area contributed by atoms with E-state index in [1.54, 1.807) is 0 Å². The van der Waals surface area contributed by atoms with Crippen LogP contribution in [0.2, 0.25) is 0 Å². The van der Waals surface area contributed by atoms with Crippen LogP contribution in [0.15, 0.2) is 11.6 Å². The van der Waals surface area contributed by atoms with Gasteiger partial charge < -0.3 is 9.47 Å². The lowest BCUT2D eigenvalue weighted by Gasteiger charge is -2.31. The van der Waals surface area contributed by atoms with Gasteiger partial charge in [0.25, 0.3) is 0 Å². The Morgan fingerprint density at radius 2 is 1.58 bits per heavy atom. The van der Waals surface area contributed by atoms with Crippen LogP contribution in [0.25, 0.3) is 0 Å². The Morgan fingerprint density at radius 1 is 1.11 bits per heavy atom. The number of rotatable bonds is 2. The molecule has 1 fully saturated rings. The first-order valence-electron chi connectivity index (χ1n) is 5.62. The molecule has 1 rings (SSSR count).